The van der Waals surface area contributed by atoms with Crippen LogP contribution in [0.5, 0.6) is 0 Å². The number of benzene rings is 1. The van der Waals surface area contributed by atoms with Gasteiger partial charge in [0, 0.05) is 13.1 Å². The maximum Gasteiger partial charge on any atom is 0.146 e. The van der Waals surface area contributed by atoms with Crippen molar-refractivity contribution in [3.05, 3.63) is 29.6 Å². The van der Waals surface area contributed by atoms with Crippen molar-refractivity contribution < 1.29 is 19.7 Å². The highest BCUT2D eigenvalue weighted by Gasteiger charge is 2.30. The van der Waals surface area contributed by atoms with E-state index in [1.54, 1.807) is 24.0 Å². The van der Waals surface area contributed by atoms with Crippen LogP contribution in [0.4, 0.5) is 10.1 Å². The minimum atomic E-state index is -0.842. The average molecular weight is 241 g/mol. The van der Waals surface area contributed by atoms with Crippen LogP contribution in [-0.2, 0) is 0 Å². The van der Waals surface area contributed by atoms with Crippen molar-refractivity contribution in [1.29, 1.82) is 0 Å². The third-order valence-corrected chi connectivity index (χ3v) is 3.05. The quantitative estimate of drug-likeness (QED) is 0.702. The zero-order chi connectivity index (χ0) is 12.6. The second kappa shape index (κ2) is 4.60. The van der Waals surface area contributed by atoms with Gasteiger partial charge < -0.3 is 20.2 Å². The minimum Gasteiger partial charge on any atom is -0.389 e. The van der Waals surface area contributed by atoms with E-state index in [-0.39, 0.29) is 13.1 Å². The lowest BCUT2D eigenvalue weighted by molar-refractivity contribution is 0.0572. The number of rotatable bonds is 2. The molecule has 3 atom stereocenters. The summed E-state index contributed by atoms with van der Waals surface area (Å²) < 4.78 is 13.8. The summed E-state index contributed by atoms with van der Waals surface area (Å²) in [6.07, 6.45) is -2.40. The van der Waals surface area contributed by atoms with Crippen LogP contribution < -0.4 is 4.90 Å². The van der Waals surface area contributed by atoms with Gasteiger partial charge in [0.15, 0.2) is 0 Å². The lowest BCUT2D eigenvalue weighted by Crippen LogP contribution is -2.22. The molecule has 1 saturated heterocycles. The molecule has 1 aliphatic rings. The van der Waals surface area contributed by atoms with E-state index in [4.69, 9.17) is 0 Å². The molecule has 5 heteroatoms. The maximum atomic E-state index is 13.8. The molecule has 94 valence electrons. The summed E-state index contributed by atoms with van der Waals surface area (Å²) in [5.41, 5.74) is 0.844. The topological polar surface area (TPSA) is 63.9 Å². The maximum absolute atomic E-state index is 13.8. The number of aliphatic hydroxyl groups excluding tert-OH is 3. The normalized spacial score (nSPS) is 26.3. The van der Waals surface area contributed by atoms with E-state index >= 15 is 0 Å². The van der Waals surface area contributed by atoms with Gasteiger partial charge in [0.05, 0.1) is 24.0 Å². The Hall–Kier alpha value is -1.17. The van der Waals surface area contributed by atoms with Gasteiger partial charge in [0.1, 0.15) is 5.82 Å². The van der Waals surface area contributed by atoms with E-state index in [1.807, 2.05) is 0 Å². The Balaban J connectivity index is 2.23. The number of halogens is 1. The predicted octanol–water partition coefficient (Wildman–Crippen LogP) is 0.421. The molecule has 1 aromatic rings. The molecule has 1 aliphatic heterocycles. The van der Waals surface area contributed by atoms with E-state index < -0.39 is 24.1 Å². The van der Waals surface area contributed by atoms with Gasteiger partial charge in [-0.3, -0.25) is 0 Å². The number of nitrogens with zero attached hydrogens (tertiary/aromatic N) is 1. The smallest absolute Gasteiger partial charge is 0.146 e. The Morgan fingerprint density at radius 1 is 1.29 bits per heavy atom. The van der Waals surface area contributed by atoms with Crippen molar-refractivity contribution in [3.63, 3.8) is 0 Å². The molecule has 0 bridgehead atoms. The molecule has 17 heavy (non-hydrogen) atoms. The Morgan fingerprint density at radius 2 is 1.88 bits per heavy atom. The zero-order valence-corrected chi connectivity index (χ0v) is 9.55. The van der Waals surface area contributed by atoms with Crippen molar-refractivity contribution in [1.82, 2.24) is 0 Å². The van der Waals surface area contributed by atoms with Crippen LogP contribution in [0.2, 0.25) is 0 Å². The summed E-state index contributed by atoms with van der Waals surface area (Å²) in [4.78, 5) is 1.59. The molecule has 0 radical (unpaired) electrons. The number of β-amino-alcohol motifs (C(OH)–C–C–N with tert-alkyl or cyclic N) is 2. The van der Waals surface area contributed by atoms with E-state index in [1.165, 1.54) is 6.07 Å². The largest absolute Gasteiger partial charge is 0.389 e. The van der Waals surface area contributed by atoms with E-state index in [0.29, 0.717) is 11.3 Å². The fourth-order valence-electron chi connectivity index (χ4n) is 2.01. The van der Waals surface area contributed by atoms with Crippen LogP contribution in [0.1, 0.15) is 18.6 Å². The highest BCUT2D eigenvalue weighted by Crippen LogP contribution is 2.26. The van der Waals surface area contributed by atoms with E-state index in [2.05, 4.69) is 0 Å². The predicted molar refractivity (Wildman–Crippen MR) is 61.3 cm³/mol. The summed E-state index contributed by atoms with van der Waals surface area (Å²) in [6.45, 7) is 2.00. The van der Waals surface area contributed by atoms with Crippen molar-refractivity contribution in [3.8, 4) is 0 Å². The van der Waals surface area contributed by atoms with Gasteiger partial charge in [-0.2, -0.15) is 0 Å². The van der Waals surface area contributed by atoms with Gasteiger partial charge in [-0.1, -0.05) is 6.07 Å². The van der Waals surface area contributed by atoms with Gasteiger partial charge in [-0.05, 0) is 24.6 Å². The Morgan fingerprint density at radius 3 is 2.35 bits per heavy atom. The van der Waals surface area contributed by atoms with Gasteiger partial charge in [0.2, 0.25) is 0 Å². The number of aliphatic hydroxyl groups is 3. The minimum absolute atomic E-state index is 0.214. The first-order valence-electron chi connectivity index (χ1n) is 5.57. The molecule has 0 spiro atoms. The lowest BCUT2D eigenvalue weighted by atomic mass is 10.1. The Bertz CT molecular complexity index is 401. The number of anilines is 1. The molecule has 0 saturated carbocycles. The summed E-state index contributed by atoms with van der Waals surface area (Å²) in [6, 6.07) is 4.47. The summed E-state index contributed by atoms with van der Waals surface area (Å²) >= 11 is 0. The third kappa shape index (κ3) is 2.41. The fraction of sp³-hybridized carbons (Fsp3) is 0.500. The second-order valence-corrected chi connectivity index (χ2v) is 4.43. The SMILES string of the molecule is CC(O)c1ccc(N2CC(O)C(O)C2)c(F)c1. The van der Waals surface area contributed by atoms with Crippen molar-refractivity contribution >= 4 is 5.69 Å². The molecule has 1 aromatic carbocycles. The number of hydrogen-bond donors (Lipinski definition) is 3. The average Bonchev–Trinajstić information content (AvgIpc) is 2.58. The molecule has 1 fully saturated rings. The van der Waals surface area contributed by atoms with Gasteiger partial charge in [0.25, 0.3) is 0 Å². The molecular formula is C12H16FNO3. The highest BCUT2D eigenvalue weighted by atomic mass is 19.1. The van der Waals surface area contributed by atoms with Gasteiger partial charge in [-0.25, -0.2) is 4.39 Å². The Labute approximate surface area is 98.9 Å². The van der Waals surface area contributed by atoms with Gasteiger partial charge in [-0.15, -0.1) is 0 Å². The summed E-state index contributed by atoms with van der Waals surface area (Å²) in [5, 5.41) is 28.1. The zero-order valence-electron chi connectivity index (χ0n) is 9.55. The van der Waals surface area contributed by atoms with Crippen molar-refractivity contribution in [2.75, 3.05) is 18.0 Å². The van der Waals surface area contributed by atoms with Gasteiger partial charge >= 0.3 is 0 Å². The Kier molecular flexibility index (Phi) is 3.33. The summed E-state index contributed by atoms with van der Waals surface area (Å²) in [7, 11) is 0. The van der Waals surface area contributed by atoms with E-state index in [9.17, 15) is 19.7 Å². The number of hydrogen-bond acceptors (Lipinski definition) is 4. The van der Waals surface area contributed by atoms with Crippen molar-refractivity contribution in [2.45, 2.75) is 25.2 Å². The second-order valence-electron chi connectivity index (χ2n) is 4.43. The van der Waals surface area contributed by atoms with Crippen LogP contribution in [0.3, 0.4) is 0 Å². The first kappa shape index (κ1) is 12.3. The highest BCUT2D eigenvalue weighted by molar-refractivity contribution is 5.50. The van der Waals surface area contributed by atoms with Crippen LogP contribution in [-0.4, -0.2) is 40.6 Å². The molecule has 3 N–H and O–H groups in total. The molecule has 2 rings (SSSR count). The first-order valence-corrected chi connectivity index (χ1v) is 5.57. The standard InChI is InChI=1S/C12H16FNO3/c1-7(15)8-2-3-10(9(13)4-8)14-5-11(16)12(17)6-14/h2-4,7,11-12,15-17H,5-6H2,1H3. The van der Waals surface area contributed by atoms with E-state index in [0.717, 1.165) is 0 Å². The molecule has 0 aliphatic carbocycles. The van der Waals surface area contributed by atoms with Crippen LogP contribution in [0.15, 0.2) is 18.2 Å². The van der Waals surface area contributed by atoms with Crippen LogP contribution in [0.25, 0.3) is 0 Å². The van der Waals surface area contributed by atoms with Crippen LogP contribution >= 0.6 is 0 Å². The first-order chi connectivity index (χ1) is 7.99. The summed E-state index contributed by atoms with van der Waals surface area (Å²) in [5.74, 6) is -0.454. The molecule has 0 aromatic heterocycles. The lowest BCUT2D eigenvalue weighted by Gasteiger charge is -2.19. The molecule has 4 nitrogen and oxygen atoms in total. The molecule has 0 amide bonds. The molecule has 3 unspecified atom stereocenters. The van der Waals surface area contributed by atoms with Crippen LogP contribution in [0, 0.1) is 5.82 Å². The molecular weight excluding hydrogens is 225 g/mol. The van der Waals surface area contributed by atoms with Crippen molar-refractivity contribution in [2.24, 2.45) is 0 Å². The third-order valence-electron chi connectivity index (χ3n) is 3.05. The fourth-order valence-corrected chi connectivity index (χ4v) is 2.01. The molecule has 1 heterocycles. The monoisotopic (exact) mass is 241 g/mol.